The topological polar surface area (TPSA) is 20.2 Å². The monoisotopic (exact) mass is 272 g/mol. The first-order valence-corrected chi connectivity index (χ1v) is 6.81. The molecule has 20 heavy (non-hydrogen) atoms. The van der Waals surface area contributed by atoms with Gasteiger partial charge in [0, 0.05) is 0 Å². The van der Waals surface area contributed by atoms with Crippen molar-refractivity contribution in [3.8, 4) is 16.9 Å². The maximum Gasteiger partial charge on any atom is 0.123 e. The van der Waals surface area contributed by atoms with E-state index < -0.39 is 0 Å². The van der Waals surface area contributed by atoms with Crippen molar-refractivity contribution in [1.29, 1.82) is 0 Å². The molecule has 2 rings (SSSR count). The summed E-state index contributed by atoms with van der Waals surface area (Å²) < 4.78 is 13.1. The van der Waals surface area contributed by atoms with Gasteiger partial charge in [-0.2, -0.15) is 0 Å². The Kier molecular flexibility index (Phi) is 3.59. The second-order valence-corrected chi connectivity index (χ2v) is 6.35. The molecule has 0 fully saturated rings. The highest BCUT2D eigenvalue weighted by Crippen LogP contribution is 2.40. The van der Waals surface area contributed by atoms with Gasteiger partial charge in [0.05, 0.1) is 0 Å². The van der Waals surface area contributed by atoms with E-state index in [0.29, 0.717) is 5.75 Å². The van der Waals surface area contributed by atoms with Gasteiger partial charge in [0.1, 0.15) is 11.6 Å². The third kappa shape index (κ3) is 2.55. The van der Waals surface area contributed by atoms with Gasteiger partial charge in [0.2, 0.25) is 0 Å². The number of phenols is 1. The number of hydrogen-bond donors (Lipinski definition) is 1. The second kappa shape index (κ2) is 4.93. The standard InChI is InChI=1S/C18H21FO/c1-11-10-15(18(3,4)5)16(12(2)17(11)20)13-6-8-14(19)9-7-13/h6-10,20H,1-5H3. The zero-order valence-electron chi connectivity index (χ0n) is 12.7. The summed E-state index contributed by atoms with van der Waals surface area (Å²) in [5.74, 6) is 0.0670. The minimum absolute atomic E-state index is 0.0487. The molecule has 2 aromatic rings. The van der Waals surface area contributed by atoms with E-state index in [1.165, 1.54) is 12.1 Å². The van der Waals surface area contributed by atoms with Gasteiger partial charge >= 0.3 is 0 Å². The SMILES string of the molecule is Cc1cc(C(C)(C)C)c(-c2ccc(F)cc2)c(C)c1O. The Balaban J connectivity index is 2.79. The fourth-order valence-corrected chi connectivity index (χ4v) is 2.55. The number of phenolic OH excluding ortho intramolecular Hbond substituents is 1. The maximum absolute atomic E-state index is 13.1. The van der Waals surface area contributed by atoms with Crippen LogP contribution in [-0.2, 0) is 5.41 Å². The number of aryl methyl sites for hydroxylation is 1. The first-order chi connectivity index (χ1) is 9.21. The molecule has 0 atom stereocenters. The summed E-state index contributed by atoms with van der Waals surface area (Å²) in [6, 6.07) is 8.47. The lowest BCUT2D eigenvalue weighted by Crippen LogP contribution is -2.14. The van der Waals surface area contributed by atoms with Crippen LogP contribution in [0.3, 0.4) is 0 Å². The number of halogens is 1. The van der Waals surface area contributed by atoms with Crippen molar-refractivity contribution in [2.24, 2.45) is 0 Å². The molecule has 0 radical (unpaired) electrons. The Morgan fingerprint density at radius 3 is 2.05 bits per heavy atom. The van der Waals surface area contributed by atoms with Crippen molar-refractivity contribution in [3.05, 3.63) is 52.8 Å². The molecule has 0 aliphatic rings. The lowest BCUT2D eigenvalue weighted by Gasteiger charge is -2.26. The van der Waals surface area contributed by atoms with Crippen molar-refractivity contribution in [2.45, 2.75) is 40.0 Å². The Morgan fingerprint density at radius 1 is 1.00 bits per heavy atom. The van der Waals surface area contributed by atoms with Crippen LogP contribution in [0, 0.1) is 19.7 Å². The molecule has 0 aromatic heterocycles. The molecule has 0 unspecified atom stereocenters. The molecular formula is C18H21FO. The van der Waals surface area contributed by atoms with Gasteiger partial charge < -0.3 is 5.11 Å². The molecule has 1 nitrogen and oxygen atoms in total. The molecule has 0 amide bonds. The van der Waals surface area contributed by atoms with E-state index in [2.05, 4.69) is 20.8 Å². The van der Waals surface area contributed by atoms with Gasteiger partial charge in [-0.15, -0.1) is 0 Å². The van der Waals surface area contributed by atoms with E-state index in [0.717, 1.165) is 27.8 Å². The molecule has 0 saturated carbocycles. The van der Waals surface area contributed by atoms with Gasteiger partial charge in [-0.1, -0.05) is 39.0 Å². The smallest absolute Gasteiger partial charge is 0.123 e. The van der Waals surface area contributed by atoms with E-state index in [1.807, 2.05) is 19.9 Å². The summed E-state index contributed by atoms with van der Waals surface area (Å²) in [5.41, 5.74) is 4.77. The lowest BCUT2D eigenvalue weighted by atomic mass is 9.79. The van der Waals surface area contributed by atoms with Crippen molar-refractivity contribution >= 4 is 0 Å². The van der Waals surface area contributed by atoms with Crippen molar-refractivity contribution in [2.75, 3.05) is 0 Å². The minimum Gasteiger partial charge on any atom is -0.507 e. The zero-order chi connectivity index (χ0) is 15.1. The number of rotatable bonds is 1. The summed E-state index contributed by atoms with van der Waals surface area (Å²) >= 11 is 0. The normalized spacial score (nSPS) is 11.7. The van der Waals surface area contributed by atoms with Crippen molar-refractivity contribution in [3.63, 3.8) is 0 Å². The summed E-state index contributed by atoms with van der Waals surface area (Å²) in [7, 11) is 0. The lowest BCUT2D eigenvalue weighted by molar-refractivity contribution is 0.466. The Hall–Kier alpha value is -1.83. The second-order valence-electron chi connectivity index (χ2n) is 6.35. The molecule has 0 aliphatic heterocycles. The number of hydrogen-bond acceptors (Lipinski definition) is 1. The van der Waals surface area contributed by atoms with Gasteiger partial charge in [0.25, 0.3) is 0 Å². The molecule has 0 saturated heterocycles. The third-order valence-electron chi connectivity index (χ3n) is 3.67. The van der Waals surface area contributed by atoms with Crippen LogP contribution in [0.15, 0.2) is 30.3 Å². The van der Waals surface area contributed by atoms with E-state index in [1.54, 1.807) is 12.1 Å². The number of aromatic hydroxyl groups is 1. The van der Waals surface area contributed by atoms with Crippen LogP contribution in [-0.4, -0.2) is 5.11 Å². The van der Waals surface area contributed by atoms with Gasteiger partial charge in [-0.25, -0.2) is 4.39 Å². The highest BCUT2D eigenvalue weighted by molar-refractivity contribution is 5.75. The number of benzene rings is 2. The maximum atomic E-state index is 13.1. The Labute approximate surface area is 120 Å². The van der Waals surface area contributed by atoms with Crippen molar-refractivity contribution in [1.82, 2.24) is 0 Å². The quantitative estimate of drug-likeness (QED) is 0.764. The molecule has 2 heteroatoms. The molecule has 0 spiro atoms. The van der Waals surface area contributed by atoms with E-state index in [-0.39, 0.29) is 11.2 Å². The first kappa shape index (κ1) is 14.6. The summed E-state index contributed by atoms with van der Waals surface area (Å²) in [5, 5.41) is 10.2. The highest BCUT2D eigenvalue weighted by Gasteiger charge is 2.23. The fourth-order valence-electron chi connectivity index (χ4n) is 2.55. The van der Waals surface area contributed by atoms with E-state index in [9.17, 15) is 9.50 Å². The first-order valence-electron chi connectivity index (χ1n) is 6.81. The average Bonchev–Trinajstić information content (AvgIpc) is 2.36. The zero-order valence-corrected chi connectivity index (χ0v) is 12.7. The Morgan fingerprint density at radius 2 is 1.55 bits per heavy atom. The molecule has 0 heterocycles. The minimum atomic E-state index is -0.250. The summed E-state index contributed by atoms with van der Waals surface area (Å²) in [6.07, 6.45) is 0. The van der Waals surface area contributed by atoms with Crippen LogP contribution in [0.2, 0.25) is 0 Å². The van der Waals surface area contributed by atoms with Crippen LogP contribution in [0.5, 0.6) is 5.75 Å². The Bertz CT molecular complexity index is 634. The van der Waals surface area contributed by atoms with E-state index in [4.69, 9.17) is 0 Å². The molecule has 1 N–H and O–H groups in total. The molecule has 0 aliphatic carbocycles. The van der Waals surface area contributed by atoms with E-state index >= 15 is 0 Å². The van der Waals surface area contributed by atoms with Gasteiger partial charge in [-0.05, 0) is 59.2 Å². The summed E-state index contributed by atoms with van der Waals surface area (Å²) in [4.78, 5) is 0. The molecular weight excluding hydrogens is 251 g/mol. The largest absolute Gasteiger partial charge is 0.507 e. The van der Waals surface area contributed by atoms with Gasteiger partial charge in [-0.3, -0.25) is 0 Å². The van der Waals surface area contributed by atoms with Crippen LogP contribution in [0.25, 0.3) is 11.1 Å². The average molecular weight is 272 g/mol. The van der Waals surface area contributed by atoms with Crippen LogP contribution in [0.4, 0.5) is 4.39 Å². The summed E-state index contributed by atoms with van der Waals surface area (Å²) in [6.45, 7) is 10.3. The predicted octanol–water partition coefficient (Wildman–Crippen LogP) is 5.11. The highest BCUT2D eigenvalue weighted by atomic mass is 19.1. The van der Waals surface area contributed by atoms with Crippen LogP contribution >= 0.6 is 0 Å². The van der Waals surface area contributed by atoms with Crippen LogP contribution in [0.1, 0.15) is 37.5 Å². The molecule has 0 bridgehead atoms. The predicted molar refractivity (Wildman–Crippen MR) is 81.7 cm³/mol. The molecule has 2 aromatic carbocycles. The van der Waals surface area contributed by atoms with Gasteiger partial charge in [0.15, 0.2) is 0 Å². The van der Waals surface area contributed by atoms with Crippen molar-refractivity contribution < 1.29 is 9.50 Å². The molecule has 106 valence electrons. The van der Waals surface area contributed by atoms with Crippen LogP contribution < -0.4 is 0 Å². The fraction of sp³-hybridized carbons (Fsp3) is 0.333. The third-order valence-corrected chi connectivity index (χ3v) is 3.67.